The Hall–Kier alpha value is -8.20. The maximum absolute atomic E-state index is 6.25. The molecule has 0 spiro atoms. The quantitative estimate of drug-likeness (QED) is 0.150. The van der Waals surface area contributed by atoms with Crippen molar-refractivity contribution >= 4 is 71.3 Å². The van der Waals surface area contributed by atoms with Crippen molar-refractivity contribution in [3.63, 3.8) is 0 Å². The molecule has 0 saturated heterocycles. The lowest BCUT2D eigenvalue weighted by molar-refractivity contribution is 0.669. The molecular formula is C60H39NO. The number of nitrogens with zero attached hydrogens (tertiary/aromatic N) is 1. The molecule has 11 aromatic carbocycles. The first-order valence-electron chi connectivity index (χ1n) is 21.2. The van der Waals surface area contributed by atoms with Gasteiger partial charge in [-0.1, -0.05) is 170 Å². The number of rotatable bonds is 7. The lowest BCUT2D eigenvalue weighted by atomic mass is 9.95. The summed E-state index contributed by atoms with van der Waals surface area (Å²) < 4.78 is 6.25. The van der Waals surface area contributed by atoms with E-state index in [1.54, 1.807) is 0 Å². The summed E-state index contributed by atoms with van der Waals surface area (Å²) in [5.41, 5.74) is 14.5. The Balaban J connectivity index is 0.903. The molecule has 1 aromatic heterocycles. The van der Waals surface area contributed by atoms with Crippen LogP contribution in [0.5, 0.6) is 0 Å². The third-order valence-corrected chi connectivity index (χ3v) is 12.5. The van der Waals surface area contributed by atoms with Gasteiger partial charge in [-0.15, -0.1) is 0 Å². The van der Waals surface area contributed by atoms with Gasteiger partial charge < -0.3 is 9.32 Å². The fraction of sp³-hybridized carbons (Fsp3) is 0. The van der Waals surface area contributed by atoms with Gasteiger partial charge in [-0.3, -0.25) is 0 Å². The highest BCUT2D eigenvalue weighted by Crippen LogP contribution is 2.40. The molecule has 0 N–H and O–H groups in total. The monoisotopic (exact) mass is 789 g/mol. The van der Waals surface area contributed by atoms with Crippen LogP contribution >= 0.6 is 0 Å². The molecule has 0 atom stereocenters. The SMILES string of the molecule is c1cc(-c2ccc(N(c3ccc(-c4ccc5c(ccc6ccccc65)c4)cc3)c3ccc(-c4ccc5c(c4)oc4ccccc45)cc3)cc2)cc(-c2cccc3ccccc23)c1. The predicted octanol–water partition coefficient (Wildman–Crippen LogP) is 17.2. The van der Waals surface area contributed by atoms with Crippen LogP contribution in [0.1, 0.15) is 0 Å². The number of benzene rings is 11. The van der Waals surface area contributed by atoms with Gasteiger partial charge in [0, 0.05) is 27.8 Å². The minimum Gasteiger partial charge on any atom is -0.456 e. The minimum atomic E-state index is 0.900. The van der Waals surface area contributed by atoms with Gasteiger partial charge in [0.2, 0.25) is 0 Å². The van der Waals surface area contributed by atoms with Crippen molar-refractivity contribution < 1.29 is 4.42 Å². The standard InChI is InChI=1S/C60H39NO/c1-3-14-53-43(9-1)11-8-17-55(53)48-13-7-12-45(37-48)40-21-29-50(30-22-40)61(52-33-25-42(26-34-52)47-28-36-58-57-16-5-6-18-59(57)62-60(58)39-47)51-31-23-41(24-32-51)46-27-35-56-49(38-46)20-19-44-10-2-4-15-54(44)56/h1-39H. The first kappa shape index (κ1) is 35.7. The average Bonchev–Trinajstić information content (AvgIpc) is 3.72. The van der Waals surface area contributed by atoms with E-state index >= 15 is 0 Å². The van der Waals surface area contributed by atoms with Gasteiger partial charge in [-0.05, 0) is 144 Å². The molecule has 2 nitrogen and oxygen atoms in total. The van der Waals surface area contributed by atoms with Crippen molar-refractivity contribution in [1.29, 1.82) is 0 Å². The van der Waals surface area contributed by atoms with Gasteiger partial charge in [-0.25, -0.2) is 0 Å². The van der Waals surface area contributed by atoms with Crippen molar-refractivity contribution in [2.24, 2.45) is 0 Å². The van der Waals surface area contributed by atoms with Crippen LogP contribution in [0.2, 0.25) is 0 Å². The van der Waals surface area contributed by atoms with Gasteiger partial charge in [-0.2, -0.15) is 0 Å². The highest BCUT2D eigenvalue weighted by Gasteiger charge is 2.16. The second-order valence-corrected chi connectivity index (χ2v) is 16.1. The maximum Gasteiger partial charge on any atom is 0.136 e. The molecule has 290 valence electrons. The molecule has 12 rings (SSSR count). The highest BCUT2D eigenvalue weighted by atomic mass is 16.3. The average molecular weight is 790 g/mol. The Bertz CT molecular complexity index is 3610. The molecule has 0 amide bonds. The smallest absolute Gasteiger partial charge is 0.136 e. The molecule has 62 heavy (non-hydrogen) atoms. The van der Waals surface area contributed by atoms with Crippen LogP contribution in [0.3, 0.4) is 0 Å². The third-order valence-electron chi connectivity index (χ3n) is 12.5. The van der Waals surface area contributed by atoms with E-state index in [0.29, 0.717) is 0 Å². The number of para-hydroxylation sites is 1. The maximum atomic E-state index is 6.25. The summed E-state index contributed by atoms with van der Waals surface area (Å²) >= 11 is 0. The normalized spacial score (nSPS) is 11.5. The predicted molar refractivity (Wildman–Crippen MR) is 263 cm³/mol. The fourth-order valence-electron chi connectivity index (χ4n) is 9.30. The number of hydrogen-bond donors (Lipinski definition) is 0. The van der Waals surface area contributed by atoms with E-state index in [9.17, 15) is 0 Å². The van der Waals surface area contributed by atoms with Crippen LogP contribution in [-0.2, 0) is 0 Å². The zero-order valence-electron chi connectivity index (χ0n) is 33.9. The molecular weight excluding hydrogens is 751 g/mol. The van der Waals surface area contributed by atoms with Crippen LogP contribution in [-0.4, -0.2) is 0 Å². The molecule has 0 saturated carbocycles. The molecule has 0 radical (unpaired) electrons. The Morgan fingerprint density at radius 1 is 0.242 bits per heavy atom. The summed E-state index contributed by atoms with van der Waals surface area (Å²) in [5, 5.41) is 9.86. The van der Waals surface area contributed by atoms with Gasteiger partial charge in [0.15, 0.2) is 0 Å². The number of fused-ring (bicyclic) bond motifs is 7. The topological polar surface area (TPSA) is 16.4 Å². The van der Waals surface area contributed by atoms with Gasteiger partial charge >= 0.3 is 0 Å². The molecule has 0 bridgehead atoms. The summed E-state index contributed by atoms with van der Waals surface area (Å²) in [5.74, 6) is 0. The van der Waals surface area contributed by atoms with Crippen LogP contribution in [0.25, 0.3) is 98.8 Å². The first-order chi connectivity index (χ1) is 30.7. The molecule has 12 aromatic rings. The van der Waals surface area contributed by atoms with Crippen molar-refractivity contribution in [2.75, 3.05) is 4.90 Å². The van der Waals surface area contributed by atoms with Crippen molar-refractivity contribution in [3.8, 4) is 44.5 Å². The van der Waals surface area contributed by atoms with Crippen LogP contribution < -0.4 is 4.90 Å². The summed E-state index contributed by atoms with van der Waals surface area (Å²) in [7, 11) is 0. The second-order valence-electron chi connectivity index (χ2n) is 16.1. The summed E-state index contributed by atoms with van der Waals surface area (Å²) in [4.78, 5) is 2.35. The lowest BCUT2D eigenvalue weighted by Crippen LogP contribution is -2.09. The fourth-order valence-corrected chi connectivity index (χ4v) is 9.30. The van der Waals surface area contributed by atoms with Crippen molar-refractivity contribution in [2.45, 2.75) is 0 Å². The number of anilines is 3. The van der Waals surface area contributed by atoms with Gasteiger partial charge in [0.25, 0.3) is 0 Å². The minimum absolute atomic E-state index is 0.900. The van der Waals surface area contributed by atoms with Crippen LogP contribution in [0.15, 0.2) is 241 Å². The Morgan fingerprint density at radius 3 is 1.39 bits per heavy atom. The molecule has 0 aliphatic carbocycles. The van der Waals surface area contributed by atoms with Gasteiger partial charge in [0.1, 0.15) is 11.2 Å². The summed E-state index contributed by atoms with van der Waals surface area (Å²) in [6.07, 6.45) is 0. The van der Waals surface area contributed by atoms with Crippen LogP contribution in [0.4, 0.5) is 17.1 Å². The van der Waals surface area contributed by atoms with E-state index in [2.05, 4.69) is 229 Å². The summed E-state index contributed by atoms with van der Waals surface area (Å²) in [6, 6.07) is 85.5. The lowest BCUT2D eigenvalue weighted by Gasteiger charge is -2.26. The molecule has 0 aliphatic rings. The number of hydrogen-bond acceptors (Lipinski definition) is 2. The van der Waals surface area contributed by atoms with E-state index in [0.717, 1.165) is 50.1 Å². The van der Waals surface area contributed by atoms with Crippen LogP contribution in [0, 0.1) is 0 Å². The largest absolute Gasteiger partial charge is 0.456 e. The molecule has 1 heterocycles. The Kier molecular flexibility index (Phi) is 8.53. The summed E-state index contributed by atoms with van der Waals surface area (Å²) in [6.45, 7) is 0. The Labute approximate surface area is 360 Å². The third kappa shape index (κ3) is 6.29. The first-order valence-corrected chi connectivity index (χ1v) is 21.2. The van der Waals surface area contributed by atoms with Crippen molar-refractivity contribution in [3.05, 3.63) is 237 Å². The van der Waals surface area contributed by atoms with Gasteiger partial charge in [0.05, 0.1) is 0 Å². The van der Waals surface area contributed by atoms with E-state index in [-0.39, 0.29) is 0 Å². The van der Waals surface area contributed by atoms with E-state index in [1.165, 1.54) is 65.7 Å². The van der Waals surface area contributed by atoms with E-state index < -0.39 is 0 Å². The van der Waals surface area contributed by atoms with E-state index in [1.807, 2.05) is 12.1 Å². The number of furan rings is 1. The zero-order chi connectivity index (χ0) is 41.0. The van der Waals surface area contributed by atoms with Crippen molar-refractivity contribution in [1.82, 2.24) is 0 Å². The second kappa shape index (κ2) is 14.8. The zero-order valence-corrected chi connectivity index (χ0v) is 33.9. The Morgan fingerprint density at radius 2 is 0.694 bits per heavy atom. The molecule has 2 heteroatoms. The van der Waals surface area contributed by atoms with E-state index in [4.69, 9.17) is 4.42 Å². The molecule has 0 unspecified atom stereocenters. The molecule has 0 aliphatic heterocycles. The highest BCUT2D eigenvalue weighted by molar-refractivity contribution is 6.09. The molecule has 0 fully saturated rings.